The molecule has 9 heteroatoms. The minimum atomic E-state index is -0.988. The van der Waals surface area contributed by atoms with Crippen molar-refractivity contribution in [1.82, 2.24) is 14.7 Å². The Hall–Kier alpha value is -2.45. The zero-order valence-corrected chi connectivity index (χ0v) is 11.2. The maximum atomic E-state index is 12.0. The van der Waals surface area contributed by atoms with Gasteiger partial charge in [-0.3, -0.25) is 24.4 Å². The van der Waals surface area contributed by atoms with Gasteiger partial charge in [0.15, 0.2) is 0 Å². The summed E-state index contributed by atoms with van der Waals surface area (Å²) in [4.78, 5) is 34.0. The third kappa shape index (κ3) is 4.04. The lowest BCUT2D eigenvalue weighted by Crippen LogP contribution is -2.41. The van der Waals surface area contributed by atoms with E-state index in [9.17, 15) is 19.7 Å². The van der Waals surface area contributed by atoms with E-state index in [-0.39, 0.29) is 24.6 Å². The average molecular weight is 284 g/mol. The van der Waals surface area contributed by atoms with Crippen molar-refractivity contribution < 1.29 is 19.6 Å². The predicted octanol–water partition coefficient (Wildman–Crippen LogP) is 0.503. The third-order valence-electron chi connectivity index (χ3n) is 2.79. The summed E-state index contributed by atoms with van der Waals surface area (Å²) in [5, 5.41) is 23.0. The molecule has 20 heavy (non-hydrogen) atoms. The van der Waals surface area contributed by atoms with Gasteiger partial charge in [0, 0.05) is 12.6 Å². The summed E-state index contributed by atoms with van der Waals surface area (Å²) in [7, 11) is 0. The number of amides is 1. The second-order valence-electron chi connectivity index (χ2n) is 4.28. The van der Waals surface area contributed by atoms with Gasteiger partial charge < -0.3 is 10.0 Å². The van der Waals surface area contributed by atoms with Crippen LogP contribution in [0.25, 0.3) is 0 Å². The second-order valence-corrected chi connectivity index (χ2v) is 4.28. The van der Waals surface area contributed by atoms with Crippen molar-refractivity contribution in [2.24, 2.45) is 0 Å². The van der Waals surface area contributed by atoms with Gasteiger partial charge in [0.25, 0.3) is 0 Å². The van der Waals surface area contributed by atoms with E-state index in [1.54, 1.807) is 13.8 Å². The lowest BCUT2D eigenvalue weighted by molar-refractivity contribution is -0.385. The van der Waals surface area contributed by atoms with Gasteiger partial charge in [-0.05, 0) is 13.8 Å². The van der Waals surface area contributed by atoms with Crippen molar-refractivity contribution in [3.8, 4) is 0 Å². The largest absolute Gasteiger partial charge is 0.481 e. The molecule has 0 saturated carbocycles. The van der Waals surface area contributed by atoms with Crippen LogP contribution in [0.4, 0.5) is 5.69 Å². The Labute approximate surface area is 114 Å². The summed E-state index contributed by atoms with van der Waals surface area (Å²) < 4.78 is 1.16. The number of carbonyl (C=O) groups is 2. The number of rotatable bonds is 7. The van der Waals surface area contributed by atoms with E-state index in [0.717, 1.165) is 17.1 Å². The molecule has 1 aromatic heterocycles. The summed E-state index contributed by atoms with van der Waals surface area (Å²) >= 11 is 0. The van der Waals surface area contributed by atoms with E-state index in [2.05, 4.69) is 5.10 Å². The van der Waals surface area contributed by atoms with Crippen molar-refractivity contribution in [1.29, 1.82) is 0 Å². The number of carboxylic acid groups (broad SMARTS) is 1. The van der Waals surface area contributed by atoms with Crippen LogP contribution in [-0.4, -0.2) is 49.2 Å². The molecule has 9 nitrogen and oxygen atoms in total. The molecule has 1 amide bonds. The topological polar surface area (TPSA) is 119 Å². The highest BCUT2D eigenvalue weighted by atomic mass is 16.6. The van der Waals surface area contributed by atoms with E-state index in [1.807, 2.05) is 0 Å². The maximum Gasteiger partial charge on any atom is 0.307 e. The van der Waals surface area contributed by atoms with Crippen LogP contribution in [0.1, 0.15) is 20.3 Å². The van der Waals surface area contributed by atoms with Crippen LogP contribution in [0, 0.1) is 10.1 Å². The van der Waals surface area contributed by atoms with Crippen molar-refractivity contribution in [3.05, 3.63) is 22.5 Å². The molecule has 0 fully saturated rings. The summed E-state index contributed by atoms with van der Waals surface area (Å²) in [5.41, 5.74) is -0.195. The fraction of sp³-hybridized carbons (Fsp3) is 0.545. The zero-order chi connectivity index (χ0) is 15.3. The number of aromatic nitrogens is 2. The fourth-order valence-corrected chi connectivity index (χ4v) is 1.86. The first-order chi connectivity index (χ1) is 9.35. The molecule has 0 aliphatic heterocycles. The van der Waals surface area contributed by atoms with Gasteiger partial charge in [-0.25, -0.2) is 0 Å². The smallest absolute Gasteiger partial charge is 0.307 e. The quantitative estimate of drug-likeness (QED) is 0.575. The van der Waals surface area contributed by atoms with E-state index >= 15 is 0 Å². The van der Waals surface area contributed by atoms with E-state index in [1.165, 1.54) is 4.90 Å². The van der Waals surface area contributed by atoms with Crippen molar-refractivity contribution in [2.45, 2.75) is 32.9 Å². The van der Waals surface area contributed by atoms with Crippen molar-refractivity contribution in [3.63, 3.8) is 0 Å². The molecule has 0 spiro atoms. The van der Waals surface area contributed by atoms with Crippen LogP contribution < -0.4 is 0 Å². The molecule has 0 saturated heterocycles. The molecule has 1 heterocycles. The van der Waals surface area contributed by atoms with E-state index < -0.39 is 16.9 Å². The van der Waals surface area contributed by atoms with Crippen molar-refractivity contribution >= 4 is 17.6 Å². The highest BCUT2D eigenvalue weighted by Gasteiger charge is 2.21. The first kappa shape index (κ1) is 15.6. The van der Waals surface area contributed by atoms with Crippen LogP contribution in [0.3, 0.4) is 0 Å². The lowest BCUT2D eigenvalue weighted by atomic mass is 10.2. The van der Waals surface area contributed by atoms with Crippen LogP contribution in [-0.2, 0) is 16.1 Å². The number of nitrogens with zero attached hydrogens (tertiary/aromatic N) is 4. The van der Waals surface area contributed by atoms with Gasteiger partial charge in [-0.1, -0.05) is 0 Å². The minimum absolute atomic E-state index is 0.154. The van der Waals surface area contributed by atoms with Crippen molar-refractivity contribution in [2.75, 3.05) is 6.54 Å². The molecular weight excluding hydrogens is 268 g/mol. The molecule has 1 aromatic rings. The number of nitro groups is 1. The van der Waals surface area contributed by atoms with Gasteiger partial charge in [0.1, 0.15) is 18.9 Å². The maximum absolute atomic E-state index is 12.0. The summed E-state index contributed by atoms with van der Waals surface area (Å²) in [6.07, 6.45) is 2.07. The highest BCUT2D eigenvalue weighted by molar-refractivity contribution is 5.77. The standard InChI is InChI=1S/C11H16N4O5/c1-3-14(8(2)4-11(17)18)10(16)7-13-6-9(5-12-13)15(19)20/h5-6,8H,3-4,7H2,1-2H3,(H,17,18). The van der Waals surface area contributed by atoms with E-state index in [0.29, 0.717) is 6.54 Å². The molecule has 110 valence electrons. The molecule has 1 rings (SSSR count). The lowest BCUT2D eigenvalue weighted by Gasteiger charge is -2.26. The monoisotopic (exact) mass is 284 g/mol. The SMILES string of the molecule is CCN(C(=O)Cn1cc([N+](=O)[O-])cn1)C(C)CC(=O)O. The number of carbonyl (C=O) groups excluding carboxylic acids is 1. The first-order valence-electron chi connectivity index (χ1n) is 6.03. The number of likely N-dealkylation sites (N-methyl/N-ethyl adjacent to an activating group) is 1. The molecule has 1 unspecified atom stereocenters. The summed E-state index contributed by atoms with van der Waals surface area (Å²) in [6, 6.07) is -0.449. The number of carboxylic acids is 1. The second kappa shape index (κ2) is 6.64. The average Bonchev–Trinajstić information content (AvgIpc) is 2.77. The number of hydrogen-bond donors (Lipinski definition) is 1. The molecule has 1 N–H and O–H groups in total. The Balaban J connectivity index is 2.71. The van der Waals surface area contributed by atoms with Crippen LogP contribution >= 0.6 is 0 Å². The molecule has 0 aliphatic carbocycles. The number of aliphatic carboxylic acids is 1. The molecule has 0 aromatic carbocycles. The Morgan fingerprint density at radius 3 is 2.70 bits per heavy atom. The Kier molecular flexibility index (Phi) is 5.18. The minimum Gasteiger partial charge on any atom is -0.481 e. The molecular formula is C11H16N4O5. The first-order valence-corrected chi connectivity index (χ1v) is 6.03. The third-order valence-corrected chi connectivity index (χ3v) is 2.79. The summed E-state index contributed by atoms with van der Waals surface area (Å²) in [6.45, 7) is 3.57. The Bertz CT molecular complexity index is 513. The zero-order valence-electron chi connectivity index (χ0n) is 11.2. The van der Waals surface area contributed by atoms with Gasteiger partial charge in [-0.15, -0.1) is 0 Å². The van der Waals surface area contributed by atoms with Crippen LogP contribution in [0.15, 0.2) is 12.4 Å². The summed E-state index contributed by atoms with van der Waals surface area (Å²) in [5.74, 6) is -1.32. The predicted molar refractivity (Wildman–Crippen MR) is 68.0 cm³/mol. The van der Waals surface area contributed by atoms with Gasteiger partial charge >= 0.3 is 11.7 Å². The van der Waals surface area contributed by atoms with E-state index in [4.69, 9.17) is 5.11 Å². The highest BCUT2D eigenvalue weighted by Crippen LogP contribution is 2.09. The Morgan fingerprint density at radius 1 is 1.60 bits per heavy atom. The van der Waals surface area contributed by atoms with Gasteiger partial charge in [-0.2, -0.15) is 5.10 Å². The molecule has 1 atom stereocenters. The van der Waals surface area contributed by atoms with Crippen LogP contribution in [0.2, 0.25) is 0 Å². The van der Waals surface area contributed by atoms with Gasteiger partial charge in [0.2, 0.25) is 5.91 Å². The van der Waals surface area contributed by atoms with Crippen LogP contribution in [0.5, 0.6) is 0 Å². The number of hydrogen-bond acceptors (Lipinski definition) is 5. The fourth-order valence-electron chi connectivity index (χ4n) is 1.86. The normalized spacial score (nSPS) is 11.9. The molecule has 0 aliphatic rings. The molecule has 0 bridgehead atoms. The van der Waals surface area contributed by atoms with Gasteiger partial charge in [0.05, 0.1) is 11.3 Å². The molecule has 0 radical (unpaired) electrons. The Morgan fingerprint density at radius 2 is 2.25 bits per heavy atom.